The molecular weight excluding hydrogens is 398 g/mol. The van der Waals surface area contributed by atoms with Crippen LogP contribution >= 0.6 is 11.3 Å². The Morgan fingerprint density at radius 3 is 2.50 bits per heavy atom. The van der Waals surface area contributed by atoms with Gasteiger partial charge in [0.2, 0.25) is 5.91 Å². The molecule has 0 bridgehead atoms. The third-order valence-electron chi connectivity index (χ3n) is 6.10. The number of hydrogen-bond acceptors (Lipinski definition) is 4. The topological polar surface area (TPSA) is 63.1 Å². The lowest BCUT2D eigenvalue weighted by molar-refractivity contribution is -0.909. The van der Waals surface area contributed by atoms with Gasteiger partial charge in [0.25, 0.3) is 5.91 Å². The number of ether oxygens (including phenoxy) is 1. The van der Waals surface area contributed by atoms with Gasteiger partial charge in [0.05, 0.1) is 18.1 Å². The van der Waals surface area contributed by atoms with Crippen molar-refractivity contribution in [1.82, 2.24) is 10.2 Å². The van der Waals surface area contributed by atoms with Gasteiger partial charge in [-0.05, 0) is 29.9 Å². The van der Waals surface area contributed by atoms with Gasteiger partial charge < -0.3 is 19.9 Å². The summed E-state index contributed by atoms with van der Waals surface area (Å²) < 4.78 is 5.48. The fraction of sp³-hybridized carbons (Fsp3) is 0.478. The number of carbonyl (C=O) groups excluding carboxylic acids is 2. The lowest BCUT2D eigenvalue weighted by Gasteiger charge is -2.33. The minimum atomic E-state index is -0.0386. The third kappa shape index (κ3) is 5.28. The van der Waals surface area contributed by atoms with Crippen LogP contribution in [0.5, 0.6) is 0 Å². The fourth-order valence-electron chi connectivity index (χ4n) is 4.28. The predicted molar refractivity (Wildman–Crippen MR) is 117 cm³/mol. The average Bonchev–Trinajstić information content (AvgIpc) is 3.34. The first-order chi connectivity index (χ1) is 14.7. The van der Waals surface area contributed by atoms with E-state index in [4.69, 9.17) is 4.74 Å². The van der Waals surface area contributed by atoms with Crippen LogP contribution in [0.1, 0.15) is 34.1 Å². The first-order valence-corrected chi connectivity index (χ1v) is 11.7. The monoisotopic (exact) mass is 428 g/mol. The molecule has 4 rings (SSSR count). The number of rotatable bonds is 6. The van der Waals surface area contributed by atoms with Crippen LogP contribution in [0.25, 0.3) is 0 Å². The fourth-order valence-corrected chi connectivity index (χ4v) is 4.97. The molecule has 1 atom stereocenters. The second-order valence-corrected chi connectivity index (χ2v) is 9.03. The highest BCUT2D eigenvalue weighted by atomic mass is 32.1. The minimum Gasteiger partial charge on any atom is -0.370 e. The van der Waals surface area contributed by atoms with Crippen molar-refractivity contribution in [2.45, 2.75) is 18.9 Å². The number of amides is 2. The first-order valence-electron chi connectivity index (χ1n) is 10.8. The van der Waals surface area contributed by atoms with E-state index < -0.39 is 0 Å². The number of likely N-dealkylation sites (tertiary alicyclic amines) is 1. The normalized spacial score (nSPS) is 19.4. The van der Waals surface area contributed by atoms with Gasteiger partial charge in [0.15, 0.2) is 0 Å². The van der Waals surface area contributed by atoms with Gasteiger partial charge in [-0.1, -0.05) is 36.4 Å². The van der Waals surface area contributed by atoms with Crippen LogP contribution in [0.15, 0.2) is 47.8 Å². The molecule has 0 saturated carbocycles. The number of benzene rings is 1. The zero-order valence-corrected chi connectivity index (χ0v) is 18.0. The Balaban J connectivity index is 1.35. The van der Waals surface area contributed by atoms with E-state index in [-0.39, 0.29) is 23.8 Å². The van der Waals surface area contributed by atoms with Gasteiger partial charge in [0.1, 0.15) is 25.7 Å². The van der Waals surface area contributed by atoms with E-state index >= 15 is 0 Å². The highest BCUT2D eigenvalue weighted by Crippen LogP contribution is 2.22. The number of thiophene rings is 1. The molecule has 0 radical (unpaired) electrons. The maximum atomic E-state index is 13.1. The van der Waals surface area contributed by atoms with Gasteiger partial charge in [0, 0.05) is 19.0 Å². The number of nitrogens with zero attached hydrogens (tertiary/aromatic N) is 1. The molecule has 3 heterocycles. The molecule has 0 aliphatic carbocycles. The van der Waals surface area contributed by atoms with Crippen molar-refractivity contribution in [3.05, 3.63) is 58.3 Å². The second-order valence-electron chi connectivity index (χ2n) is 8.08. The highest BCUT2D eigenvalue weighted by Gasteiger charge is 2.30. The van der Waals surface area contributed by atoms with Crippen molar-refractivity contribution >= 4 is 23.2 Å². The molecule has 2 amide bonds. The molecule has 0 spiro atoms. The standard InChI is InChI=1S/C23H29N3O3S/c27-22(19-8-10-26(11-9-19)23(28)21-7-4-16-30-21)24-20(18-5-2-1-3-6-18)17-25-12-14-29-15-13-25/h1-7,16,19-20H,8-15,17H2,(H,24,27)/p+1/t20-/m1/s1. The van der Waals surface area contributed by atoms with Crippen LogP contribution in [0.3, 0.4) is 0 Å². The molecular formula is C23H30N3O3S+. The summed E-state index contributed by atoms with van der Waals surface area (Å²) in [5, 5.41) is 5.24. The summed E-state index contributed by atoms with van der Waals surface area (Å²) in [6.07, 6.45) is 1.43. The Bertz CT molecular complexity index is 813. The molecule has 2 N–H and O–H groups in total. The van der Waals surface area contributed by atoms with E-state index in [1.54, 1.807) is 0 Å². The van der Waals surface area contributed by atoms with Gasteiger partial charge in [-0.2, -0.15) is 0 Å². The number of hydrogen-bond donors (Lipinski definition) is 2. The second kappa shape index (κ2) is 10.2. The molecule has 2 aliphatic rings. The molecule has 1 aromatic carbocycles. The van der Waals surface area contributed by atoms with E-state index in [2.05, 4.69) is 17.4 Å². The number of nitrogens with one attached hydrogen (secondary N) is 2. The molecule has 2 aliphatic heterocycles. The Morgan fingerprint density at radius 2 is 1.83 bits per heavy atom. The zero-order valence-electron chi connectivity index (χ0n) is 17.2. The van der Waals surface area contributed by atoms with Crippen molar-refractivity contribution in [2.24, 2.45) is 5.92 Å². The molecule has 30 heavy (non-hydrogen) atoms. The van der Waals surface area contributed by atoms with Crippen molar-refractivity contribution in [2.75, 3.05) is 45.9 Å². The number of morpholine rings is 1. The largest absolute Gasteiger partial charge is 0.370 e. The van der Waals surface area contributed by atoms with Gasteiger partial charge in [-0.25, -0.2) is 0 Å². The maximum absolute atomic E-state index is 13.1. The molecule has 2 saturated heterocycles. The summed E-state index contributed by atoms with van der Waals surface area (Å²) in [7, 11) is 0. The van der Waals surface area contributed by atoms with E-state index in [0.29, 0.717) is 13.1 Å². The van der Waals surface area contributed by atoms with E-state index in [9.17, 15) is 9.59 Å². The Labute approximate surface area is 181 Å². The van der Waals surface area contributed by atoms with Crippen LogP contribution in [-0.4, -0.2) is 62.7 Å². The molecule has 0 unspecified atom stereocenters. The van der Waals surface area contributed by atoms with E-state index in [1.807, 2.05) is 40.6 Å². The third-order valence-corrected chi connectivity index (χ3v) is 6.95. The molecule has 1 aromatic heterocycles. The zero-order chi connectivity index (χ0) is 20.8. The summed E-state index contributed by atoms with van der Waals surface area (Å²) in [4.78, 5) is 29.7. The van der Waals surface area contributed by atoms with Crippen LogP contribution in [0.4, 0.5) is 0 Å². The van der Waals surface area contributed by atoms with E-state index in [0.717, 1.165) is 56.1 Å². The van der Waals surface area contributed by atoms with Crippen molar-refractivity contribution in [3.8, 4) is 0 Å². The van der Waals surface area contributed by atoms with Gasteiger partial charge in [-0.3, -0.25) is 9.59 Å². The molecule has 160 valence electrons. The summed E-state index contributed by atoms with van der Waals surface area (Å²) in [5.41, 5.74) is 1.15. The summed E-state index contributed by atoms with van der Waals surface area (Å²) >= 11 is 1.47. The maximum Gasteiger partial charge on any atom is 0.263 e. The summed E-state index contributed by atoms with van der Waals surface area (Å²) in [5.74, 6) is 0.157. The summed E-state index contributed by atoms with van der Waals surface area (Å²) in [6.45, 7) is 5.65. The molecule has 2 fully saturated rings. The smallest absolute Gasteiger partial charge is 0.263 e. The van der Waals surface area contributed by atoms with Gasteiger partial charge >= 0.3 is 0 Å². The van der Waals surface area contributed by atoms with Crippen molar-refractivity contribution < 1.29 is 19.2 Å². The SMILES string of the molecule is O=C(N[C@H](C[NH+]1CCOCC1)c1ccccc1)C1CCN(C(=O)c2cccs2)CC1. The summed E-state index contributed by atoms with van der Waals surface area (Å²) in [6, 6.07) is 14.0. The Kier molecular flexibility index (Phi) is 7.15. The van der Waals surface area contributed by atoms with Crippen LogP contribution in [-0.2, 0) is 9.53 Å². The Morgan fingerprint density at radius 1 is 1.10 bits per heavy atom. The van der Waals surface area contributed by atoms with Crippen LogP contribution in [0, 0.1) is 5.92 Å². The van der Waals surface area contributed by atoms with Crippen LogP contribution in [0.2, 0.25) is 0 Å². The van der Waals surface area contributed by atoms with Gasteiger partial charge in [-0.15, -0.1) is 11.3 Å². The van der Waals surface area contributed by atoms with Crippen molar-refractivity contribution in [3.63, 3.8) is 0 Å². The van der Waals surface area contributed by atoms with Crippen molar-refractivity contribution in [1.29, 1.82) is 0 Å². The van der Waals surface area contributed by atoms with E-state index in [1.165, 1.54) is 16.2 Å². The quantitative estimate of drug-likeness (QED) is 0.731. The molecule has 7 heteroatoms. The Hall–Kier alpha value is -2.22. The number of quaternary nitrogens is 1. The minimum absolute atomic E-state index is 0.00224. The first kappa shape index (κ1) is 21.0. The predicted octanol–water partition coefficient (Wildman–Crippen LogP) is 1.37. The molecule has 2 aromatic rings. The van der Waals surface area contributed by atoms with Crippen LogP contribution < -0.4 is 10.2 Å². The molecule has 6 nitrogen and oxygen atoms in total. The number of piperidine rings is 1. The number of carbonyl (C=O) groups is 2. The average molecular weight is 429 g/mol. The highest BCUT2D eigenvalue weighted by molar-refractivity contribution is 7.12. The lowest BCUT2D eigenvalue weighted by Crippen LogP contribution is -3.14. The lowest BCUT2D eigenvalue weighted by atomic mass is 9.94.